The van der Waals surface area contributed by atoms with Gasteiger partial charge in [-0.3, -0.25) is 9.10 Å². The van der Waals surface area contributed by atoms with Crippen molar-refractivity contribution >= 4 is 33.2 Å². The first-order valence-corrected chi connectivity index (χ1v) is 10.8. The summed E-state index contributed by atoms with van der Waals surface area (Å²) in [7, 11) is -2.22. The molecule has 29 heavy (non-hydrogen) atoms. The van der Waals surface area contributed by atoms with Crippen LogP contribution in [0.25, 0.3) is 0 Å². The van der Waals surface area contributed by atoms with Crippen LogP contribution in [-0.2, 0) is 10.0 Å². The molecule has 0 spiro atoms. The fourth-order valence-electron chi connectivity index (χ4n) is 2.85. The van der Waals surface area contributed by atoms with Crippen molar-refractivity contribution in [1.82, 2.24) is 5.32 Å². The maximum absolute atomic E-state index is 12.8. The van der Waals surface area contributed by atoms with Gasteiger partial charge in [0.15, 0.2) is 0 Å². The van der Waals surface area contributed by atoms with Gasteiger partial charge in [-0.05, 0) is 61.0 Å². The van der Waals surface area contributed by atoms with Crippen molar-refractivity contribution in [2.24, 2.45) is 0 Å². The monoisotopic (exact) mass is 428 g/mol. The maximum Gasteiger partial charge on any atom is 0.264 e. The van der Waals surface area contributed by atoms with Crippen molar-refractivity contribution in [3.63, 3.8) is 0 Å². The molecule has 0 aliphatic heterocycles. The Balaban J connectivity index is 1.74. The number of amides is 1. The molecule has 150 valence electrons. The summed E-state index contributed by atoms with van der Waals surface area (Å²) in [6.07, 6.45) is 0. The second-order valence-corrected chi connectivity index (χ2v) is 8.99. The van der Waals surface area contributed by atoms with E-state index in [2.05, 4.69) is 5.32 Å². The topological polar surface area (TPSA) is 66.5 Å². The standard InChI is InChI=1S/C22H21ClN2O3S/c1-16(18-7-6-8-19(23)15-18)24-22(26)17-11-13-21(14-12-17)29(27,28)25(2)20-9-4-3-5-10-20/h3-16H,1-2H3,(H,24,26). The number of para-hydroxylation sites is 1. The van der Waals surface area contributed by atoms with Gasteiger partial charge < -0.3 is 5.32 Å². The highest BCUT2D eigenvalue weighted by molar-refractivity contribution is 7.92. The van der Waals surface area contributed by atoms with Crippen LogP contribution in [0.3, 0.4) is 0 Å². The van der Waals surface area contributed by atoms with E-state index in [1.807, 2.05) is 25.1 Å². The molecule has 0 saturated carbocycles. The first kappa shape index (κ1) is 20.9. The van der Waals surface area contributed by atoms with Gasteiger partial charge in [-0.2, -0.15) is 0 Å². The molecule has 1 amide bonds. The molecule has 3 rings (SSSR count). The molecule has 0 saturated heterocycles. The number of carbonyl (C=O) groups excluding carboxylic acids is 1. The molecule has 0 aromatic heterocycles. The summed E-state index contributed by atoms with van der Waals surface area (Å²) in [6, 6.07) is 21.7. The van der Waals surface area contributed by atoms with E-state index in [4.69, 9.17) is 11.6 Å². The molecule has 0 radical (unpaired) electrons. The van der Waals surface area contributed by atoms with Crippen molar-refractivity contribution in [1.29, 1.82) is 0 Å². The molecular weight excluding hydrogens is 408 g/mol. The van der Waals surface area contributed by atoms with E-state index >= 15 is 0 Å². The minimum absolute atomic E-state index is 0.114. The zero-order valence-corrected chi connectivity index (χ0v) is 17.6. The summed E-state index contributed by atoms with van der Waals surface area (Å²) in [5.41, 5.74) is 1.82. The smallest absolute Gasteiger partial charge is 0.264 e. The molecule has 1 unspecified atom stereocenters. The Morgan fingerprint density at radius 1 is 0.966 bits per heavy atom. The van der Waals surface area contributed by atoms with Crippen LogP contribution in [0, 0.1) is 0 Å². The fourth-order valence-corrected chi connectivity index (χ4v) is 4.25. The molecule has 0 heterocycles. The summed E-state index contributed by atoms with van der Waals surface area (Å²) in [5.74, 6) is -0.294. The lowest BCUT2D eigenvalue weighted by Crippen LogP contribution is -2.28. The number of hydrogen-bond donors (Lipinski definition) is 1. The molecule has 3 aromatic carbocycles. The predicted molar refractivity (Wildman–Crippen MR) is 116 cm³/mol. The van der Waals surface area contributed by atoms with Crippen LogP contribution in [0.15, 0.2) is 83.8 Å². The van der Waals surface area contributed by atoms with Gasteiger partial charge >= 0.3 is 0 Å². The lowest BCUT2D eigenvalue weighted by atomic mass is 10.1. The predicted octanol–water partition coefficient (Wildman–Crippen LogP) is 4.66. The second kappa shape index (κ2) is 8.68. The van der Waals surface area contributed by atoms with Crippen LogP contribution in [0.4, 0.5) is 5.69 Å². The van der Waals surface area contributed by atoms with E-state index in [1.165, 1.54) is 35.6 Å². The highest BCUT2D eigenvalue weighted by Crippen LogP contribution is 2.22. The Kier molecular flexibility index (Phi) is 6.25. The van der Waals surface area contributed by atoms with Crippen molar-refractivity contribution in [2.45, 2.75) is 17.9 Å². The number of rotatable bonds is 6. The molecule has 0 fully saturated rings. The Morgan fingerprint density at radius 2 is 1.62 bits per heavy atom. The number of sulfonamides is 1. The number of hydrogen-bond acceptors (Lipinski definition) is 3. The molecule has 1 atom stereocenters. The van der Waals surface area contributed by atoms with Gasteiger partial charge in [-0.1, -0.05) is 41.9 Å². The van der Waals surface area contributed by atoms with Crippen molar-refractivity contribution in [3.05, 3.63) is 95.0 Å². The number of carbonyl (C=O) groups is 1. The normalized spacial score (nSPS) is 12.2. The van der Waals surface area contributed by atoms with Gasteiger partial charge in [0.2, 0.25) is 0 Å². The zero-order chi connectivity index (χ0) is 21.0. The lowest BCUT2D eigenvalue weighted by Gasteiger charge is -2.19. The van der Waals surface area contributed by atoms with Crippen LogP contribution in [-0.4, -0.2) is 21.4 Å². The van der Waals surface area contributed by atoms with E-state index in [1.54, 1.807) is 36.4 Å². The quantitative estimate of drug-likeness (QED) is 0.621. The van der Waals surface area contributed by atoms with Gasteiger partial charge in [0.05, 0.1) is 16.6 Å². The highest BCUT2D eigenvalue weighted by atomic mass is 35.5. The molecule has 7 heteroatoms. The highest BCUT2D eigenvalue weighted by Gasteiger charge is 2.21. The second-order valence-electron chi connectivity index (χ2n) is 6.58. The van der Waals surface area contributed by atoms with E-state index < -0.39 is 10.0 Å². The first-order valence-electron chi connectivity index (χ1n) is 8.99. The molecular formula is C22H21ClN2O3S. The van der Waals surface area contributed by atoms with Crippen LogP contribution < -0.4 is 9.62 Å². The largest absolute Gasteiger partial charge is 0.346 e. The summed E-state index contributed by atoms with van der Waals surface area (Å²) < 4.78 is 26.9. The number of nitrogens with zero attached hydrogens (tertiary/aromatic N) is 1. The van der Waals surface area contributed by atoms with Crippen LogP contribution in [0.2, 0.25) is 5.02 Å². The molecule has 0 aliphatic carbocycles. The van der Waals surface area contributed by atoms with E-state index in [-0.39, 0.29) is 16.8 Å². The first-order chi connectivity index (χ1) is 13.8. The van der Waals surface area contributed by atoms with E-state index in [9.17, 15) is 13.2 Å². The van der Waals surface area contributed by atoms with Gasteiger partial charge in [-0.15, -0.1) is 0 Å². The molecule has 0 bridgehead atoms. The Morgan fingerprint density at radius 3 is 2.24 bits per heavy atom. The fraction of sp³-hybridized carbons (Fsp3) is 0.136. The number of halogens is 1. The van der Waals surface area contributed by atoms with Crippen molar-refractivity contribution in [2.75, 3.05) is 11.4 Å². The van der Waals surface area contributed by atoms with E-state index in [0.29, 0.717) is 16.3 Å². The number of anilines is 1. The van der Waals surface area contributed by atoms with Crippen LogP contribution >= 0.6 is 11.6 Å². The number of nitrogens with one attached hydrogen (secondary N) is 1. The van der Waals surface area contributed by atoms with Gasteiger partial charge in [0.25, 0.3) is 15.9 Å². The molecule has 3 aromatic rings. The zero-order valence-electron chi connectivity index (χ0n) is 16.0. The molecule has 0 aliphatic rings. The van der Waals surface area contributed by atoms with Crippen molar-refractivity contribution < 1.29 is 13.2 Å². The van der Waals surface area contributed by atoms with Crippen LogP contribution in [0.1, 0.15) is 28.9 Å². The Bertz CT molecular complexity index is 1100. The molecule has 1 N–H and O–H groups in total. The minimum atomic E-state index is -3.72. The van der Waals surface area contributed by atoms with Gasteiger partial charge in [0, 0.05) is 17.6 Å². The summed E-state index contributed by atoms with van der Waals surface area (Å²) in [4.78, 5) is 12.6. The third-order valence-electron chi connectivity index (χ3n) is 4.59. The Hall–Kier alpha value is -2.83. The average molecular weight is 429 g/mol. The summed E-state index contributed by atoms with van der Waals surface area (Å²) >= 11 is 6.00. The number of benzene rings is 3. The van der Waals surface area contributed by atoms with Crippen molar-refractivity contribution in [3.8, 4) is 0 Å². The third-order valence-corrected chi connectivity index (χ3v) is 6.63. The van der Waals surface area contributed by atoms with Gasteiger partial charge in [0.1, 0.15) is 0 Å². The molecule has 5 nitrogen and oxygen atoms in total. The minimum Gasteiger partial charge on any atom is -0.346 e. The SMILES string of the molecule is CC(NC(=O)c1ccc(S(=O)(=O)N(C)c2ccccc2)cc1)c1cccc(Cl)c1. The van der Waals surface area contributed by atoms with Gasteiger partial charge in [-0.25, -0.2) is 8.42 Å². The van der Waals surface area contributed by atoms with Crippen LogP contribution in [0.5, 0.6) is 0 Å². The Labute approximate surface area is 176 Å². The summed E-state index contributed by atoms with van der Waals surface area (Å²) in [6.45, 7) is 1.86. The maximum atomic E-state index is 12.8. The summed E-state index contributed by atoms with van der Waals surface area (Å²) in [5, 5.41) is 3.49. The third kappa shape index (κ3) is 4.78. The van der Waals surface area contributed by atoms with E-state index in [0.717, 1.165) is 5.56 Å². The lowest BCUT2D eigenvalue weighted by molar-refractivity contribution is 0.0940. The average Bonchev–Trinajstić information content (AvgIpc) is 2.73.